The van der Waals surface area contributed by atoms with Crippen molar-refractivity contribution in [1.82, 2.24) is 9.62 Å². The second-order valence-corrected chi connectivity index (χ2v) is 6.69. The summed E-state index contributed by atoms with van der Waals surface area (Å²) in [5, 5.41) is 2.56. The Balaban J connectivity index is 2.62. The normalized spacial score (nSPS) is 11.1. The fourth-order valence-corrected chi connectivity index (χ4v) is 3.06. The average molecular weight is 341 g/mol. The lowest BCUT2D eigenvalue weighted by Crippen LogP contribution is -2.34. The largest absolute Gasteiger partial charge is 0.343 e. The van der Waals surface area contributed by atoms with Gasteiger partial charge >= 0.3 is 0 Å². The molecule has 7 nitrogen and oxygen atoms in total. The van der Waals surface area contributed by atoms with E-state index in [9.17, 15) is 18.0 Å². The van der Waals surface area contributed by atoms with Crippen molar-refractivity contribution in [2.45, 2.75) is 32.1 Å². The molecular formula is C15H23N3O4S. The first-order valence-electron chi connectivity index (χ1n) is 7.45. The first-order chi connectivity index (χ1) is 10.8. The number of amides is 2. The van der Waals surface area contributed by atoms with E-state index in [4.69, 9.17) is 0 Å². The zero-order valence-electron chi connectivity index (χ0n) is 13.6. The summed E-state index contributed by atoms with van der Waals surface area (Å²) in [5.41, 5.74) is 0.521. The number of carbonyl (C=O) groups excluding carboxylic acids is 2. The van der Waals surface area contributed by atoms with Gasteiger partial charge in [-0.15, -0.1) is 0 Å². The molecule has 0 atom stereocenters. The van der Waals surface area contributed by atoms with E-state index in [1.807, 2.05) is 13.8 Å². The molecule has 0 unspecified atom stereocenters. The summed E-state index contributed by atoms with van der Waals surface area (Å²) in [4.78, 5) is 24.5. The minimum atomic E-state index is -3.67. The van der Waals surface area contributed by atoms with E-state index in [0.29, 0.717) is 18.8 Å². The van der Waals surface area contributed by atoms with Gasteiger partial charge in [0.1, 0.15) is 0 Å². The highest BCUT2D eigenvalue weighted by atomic mass is 32.2. The Hall–Kier alpha value is -1.93. The molecule has 23 heavy (non-hydrogen) atoms. The number of nitrogens with one attached hydrogen (secondary N) is 2. The van der Waals surface area contributed by atoms with Crippen LogP contribution in [0.15, 0.2) is 29.2 Å². The fourth-order valence-electron chi connectivity index (χ4n) is 2.03. The Morgan fingerprint density at radius 1 is 1.09 bits per heavy atom. The highest BCUT2D eigenvalue weighted by Gasteiger charge is 2.15. The molecule has 0 spiro atoms. The number of carbonyl (C=O) groups is 2. The molecule has 0 aromatic heterocycles. The van der Waals surface area contributed by atoms with Gasteiger partial charge in [0.25, 0.3) is 0 Å². The van der Waals surface area contributed by atoms with Crippen LogP contribution < -0.4 is 10.0 Å². The summed E-state index contributed by atoms with van der Waals surface area (Å²) in [7, 11) is -3.67. The standard InChI is InChI=1S/C15H23N3O4S/c1-4-18(5-2)15(20)10-11-16-23(21,22)14-8-6-13(7-9-14)17-12(3)19/h6-9,16H,4-5,10-11H2,1-3H3,(H,17,19). The minimum Gasteiger partial charge on any atom is -0.343 e. The number of nitrogens with zero attached hydrogens (tertiary/aromatic N) is 1. The molecule has 2 N–H and O–H groups in total. The highest BCUT2D eigenvalue weighted by molar-refractivity contribution is 7.89. The van der Waals surface area contributed by atoms with Crippen LogP contribution in [0.1, 0.15) is 27.2 Å². The summed E-state index contributed by atoms with van der Waals surface area (Å²) in [6.45, 7) is 6.38. The first kappa shape index (κ1) is 19.1. The van der Waals surface area contributed by atoms with Crippen molar-refractivity contribution in [3.8, 4) is 0 Å². The number of hydrogen-bond donors (Lipinski definition) is 2. The van der Waals surface area contributed by atoms with Gasteiger partial charge < -0.3 is 10.2 Å². The smallest absolute Gasteiger partial charge is 0.240 e. The van der Waals surface area contributed by atoms with Crippen LogP contribution in [-0.2, 0) is 19.6 Å². The van der Waals surface area contributed by atoms with Crippen LogP contribution in [0.25, 0.3) is 0 Å². The maximum Gasteiger partial charge on any atom is 0.240 e. The highest BCUT2D eigenvalue weighted by Crippen LogP contribution is 2.13. The van der Waals surface area contributed by atoms with E-state index in [1.54, 1.807) is 4.90 Å². The van der Waals surface area contributed by atoms with E-state index >= 15 is 0 Å². The van der Waals surface area contributed by atoms with Crippen molar-refractivity contribution in [3.05, 3.63) is 24.3 Å². The van der Waals surface area contributed by atoms with Gasteiger partial charge in [0.2, 0.25) is 21.8 Å². The zero-order chi connectivity index (χ0) is 17.5. The van der Waals surface area contributed by atoms with Crippen molar-refractivity contribution in [2.75, 3.05) is 25.0 Å². The Labute approximate surface area is 137 Å². The molecule has 0 bridgehead atoms. The van der Waals surface area contributed by atoms with Crippen molar-refractivity contribution >= 4 is 27.5 Å². The van der Waals surface area contributed by atoms with Crippen molar-refractivity contribution in [3.63, 3.8) is 0 Å². The van der Waals surface area contributed by atoms with Gasteiger partial charge in [-0.1, -0.05) is 0 Å². The third kappa shape index (κ3) is 5.99. The van der Waals surface area contributed by atoms with Gasteiger partial charge in [-0.05, 0) is 38.1 Å². The van der Waals surface area contributed by atoms with E-state index in [0.717, 1.165) is 0 Å². The molecule has 2 amide bonds. The first-order valence-corrected chi connectivity index (χ1v) is 8.93. The van der Waals surface area contributed by atoms with Gasteiger partial charge in [-0.3, -0.25) is 9.59 Å². The Kier molecular flexibility index (Phi) is 7.18. The molecule has 1 aromatic rings. The number of rotatable bonds is 8. The molecule has 8 heteroatoms. The molecular weight excluding hydrogens is 318 g/mol. The second-order valence-electron chi connectivity index (χ2n) is 4.92. The molecule has 1 rings (SSSR count). The molecule has 0 heterocycles. The van der Waals surface area contributed by atoms with Crippen molar-refractivity contribution < 1.29 is 18.0 Å². The van der Waals surface area contributed by atoms with Gasteiger partial charge in [-0.25, -0.2) is 13.1 Å². The molecule has 128 valence electrons. The van der Waals surface area contributed by atoms with Crippen LogP contribution in [0.4, 0.5) is 5.69 Å². The van der Waals surface area contributed by atoms with E-state index < -0.39 is 10.0 Å². The molecule has 1 aromatic carbocycles. The van der Waals surface area contributed by atoms with Gasteiger partial charge in [0, 0.05) is 38.7 Å². The lowest BCUT2D eigenvalue weighted by molar-refractivity contribution is -0.130. The van der Waals surface area contributed by atoms with Gasteiger partial charge in [-0.2, -0.15) is 0 Å². The predicted molar refractivity (Wildman–Crippen MR) is 88.5 cm³/mol. The summed E-state index contributed by atoms with van der Waals surface area (Å²) in [5.74, 6) is -0.313. The number of benzene rings is 1. The maximum absolute atomic E-state index is 12.1. The van der Waals surface area contributed by atoms with Crippen molar-refractivity contribution in [1.29, 1.82) is 0 Å². The third-order valence-electron chi connectivity index (χ3n) is 3.23. The summed E-state index contributed by atoms with van der Waals surface area (Å²) in [6, 6.07) is 5.83. The predicted octanol–water partition coefficient (Wildman–Crippen LogP) is 1.18. The molecule has 0 aliphatic rings. The molecule has 0 saturated heterocycles. The van der Waals surface area contributed by atoms with E-state index in [1.165, 1.54) is 31.2 Å². The monoisotopic (exact) mass is 341 g/mol. The van der Waals surface area contributed by atoms with Crippen LogP contribution in [0.3, 0.4) is 0 Å². The Morgan fingerprint density at radius 2 is 1.65 bits per heavy atom. The third-order valence-corrected chi connectivity index (χ3v) is 4.71. The van der Waals surface area contributed by atoms with Crippen LogP contribution >= 0.6 is 0 Å². The summed E-state index contributed by atoms with van der Waals surface area (Å²) in [6.07, 6.45) is 0.116. The van der Waals surface area contributed by atoms with Crippen LogP contribution in [-0.4, -0.2) is 44.8 Å². The Morgan fingerprint density at radius 3 is 2.13 bits per heavy atom. The van der Waals surface area contributed by atoms with Gasteiger partial charge in [0.15, 0.2) is 0 Å². The van der Waals surface area contributed by atoms with E-state index in [-0.39, 0.29) is 29.7 Å². The second kappa shape index (κ2) is 8.64. The van der Waals surface area contributed by atoms with Crippen LogP contribution in [0, 0.1) is 0 Å². The molecule has 0 aliphatic carbocycles. The lowest BCUT2D eigenvalue weighted by Gasteiger charge is -2.18. The lowest BCUT2D eigenvalue weighted by atomic mass is 10.3. The van der Waals surface area contributed by atoms with Crippen molar-refractivity contribution in [2.24, 2.45) is 0 Å². The minimum absolute atomic E-state index is 0.0467. The molecule has 0 aliphatic heterocycles. The number of sulfonamides is 1. The van der Waals surface area contributed by atoms with E-state index in [2.05, 4.69) is 10.0 Å². The SMILES string of the molecule is CCN(CC)C(=O)CCNS(=O)(=O)c1ccc(NC(C)=O)cc1. The fraction of sp³-hybridized carbons (Fsp3) is 0.467. The van der Waals surface area contributed by atoms with Gasteiger partial charge in [0.05, 0.1) is 4.90 Å². The molecule has 0 saturated carbocycles. The maximum atomic E-state index is 12.1. The number of anilines is 1. The molecule has 0 radical (unpaired) electrons. The number of hydrogen-bond acceptors (Lipinski definition) is 4. The molecule has 0 fully saturated rings. The Bertz CT molecular complexity index is 637. The zero-order valence-corrected chi connectivity index (χ0v) is 14.4. The summed E-state index contributed by atoms with van der Waals surface area (Å²) >= 11 is 0. The average Bonchev–Trinajstić information content (AvgIpc) is 2.48. The topological polar surface area (TPSA) is 95.6 Å². The van der Waals surface area contributed by atoms with Crippen LogP contribution in [0.5, 0.6) is 0 Å². The summed E-state index contributed by atoms with van der Waals surface area (Å²) < 4.78 is 26.7. The van der Waals surface area contributed by atoms with Crippen LogP contribution in [0.2, 0.25) is 0 Å². The quantitative estimate of drug-likeness (QED) is 0.742.